The smallest absolute Gasteiger partial charge is 0.309 e. The van der Waals surface area contributed by atoms with Crippen LogP contribution in [0.25, 0.3) is 0 Å². The summed E-state index contributed by atoms with van der Waals surface area (Å²) in [5.41, 5.74) is 1.30. The third-order valence-corrected chi connectivity index (χ3v) is 5.08. The van der Waals surface area contributed by atoms with E-state index in [0.717, 1.165) is 19.4 Å². The number of esters is 1. The first kappa shape index (κ1) is 21.5. The van der Waals surface area contributed by atoms with Gasteiger partial charge in [-0.2, -0.15) is 0 Å². The summed E-state index contributed by atoms with van der Waals surface area (Å²) in [4.78, 5) is 11.7. The second kappa shape index (κ2) is 11.1. The number of aryl methyl sites for hydroxylation is 2. The van der Waals surface area contributed by atoms with Crippen molar-refractivity contribution in [3.63, 3.8) is 0 Å². The SMILES string of the molecule is CCCCCCCC[n+]1cc(C[C@H]2COC(=O)[C@H]2CC)n(C)c1.[I-]. The summed E-state index contributed by atoms with van der Waals surface area (Å²) in [6.45, 7) is 6.01. The molecule has 4 nitrogen and oxygen atoms in total. The van der Waals surface area contributed by atoms with Gasteiger partial charge in [-0.05, 0) is 19.3 Å². The van der Waals surface area contributed by atoms with E-state index in [1.165, 1.54) is 44.2 Å². The van der Waals surface area contributed by atoms with Crippen molar-refractivity contribution in [3.05, 3.63) is 18.2 Å². The number of halogens is 1. The Hall–Kier alpha value is -0.590. The Labute approximate surface area is 164 Å². The molecule has 24 heavy (non-hydrogen) atoms. The number of ether oxygens (including phenoxy) is 1. The van der Waals surface area contributed by atoms with Crippen LogP contribution in [-0.4, -0.2) is 17.1 Å². The van der Waals surface area contributed by atoms with E-state index in [9.17, 15) is 4.79 Å². The highest BCUT2D eigenvalue weighted by Crippen LogP contribution is 2.27. The van der Waals surface area contributed by atoms with Crippen molar-refractivity contribution in [2.45, 2.75) is 71.8 Å². The Kier molecular flexibility index (Phi) is 9.93. The quantitative estimate of drug-likeness (QED) is 0.225. The third-order valence-electron chi connectivity index (χ3n) is 5.08. The lowest BCUT2D eigenvalue weighted by Crippen LogP contribution is -3.00. The van der Waals surface area contributed by atoms with Crippen LogP contribution in [0.15, 0.2) is 12.5 Å². The van der Waals surface area contributed by atoms with Gasteiger partial charge in [-0.1, -0.05) is 39.5 Å². The first-order valence-corrected chi connectivity index (χ1v) is 9.36. The van der Waals surface area contributed by atoms with Crippen molar-refractivity contribution in [2.75, 3.05) is 6.61 Å². The predicted molar refractivity (Wildman–Crippen MR) is 90.9 cm³/mol. The van der Waals surface area contributed by atoms with Gasteiger partial charge in [0.25, 0.3) is 0 Å². The lowest BCUT2D eigenvalue weighted by molar-refractivity contribution is -0.697. The molecule has 1 aromatic heterocycles. The Balaban J connectivity index is 0.00000288. The van der Waals surface area contributed by atoms with Gasteiger partial charge in [0.2, 0.25) is 6.33 Å². The number of aromatic nitrogens is 2. The number of nitrogens with zero attached hydrogens (tertiary/aromatic N) is 2. The number of hydrogen-bond acceptors (Lipinski definition) is 2. The van der Waals surface area contributed by atoms with E-state index in [0.29, 0.717) is 12.5 Å². The fourth-order valence-corrected chi connectivity index (χ4v) is 3.58. The first-order valence-electron chi connectivity index (χ1n) is 9.36. The highest BCUT2D eigenvalue weighted by Gasteiger charge is 2.36. The lowest BCUT2D eigenvalue weighted by Gasteiger charge is -2.10. The van der Waals surface area contributed by atoms with Gasteiger partial charge in [0.1, 0.15) is 11.9 Å². The summed E-state index contributed by atoms with van der Waals surface area (Å²) in [6, 6.07) is 0. The van der Waals surface area contributed by atoms with E-state index in [1.807, 2.05) is 0 Å². The summed E-state index contributed by atoms with van der Waals surface area (Å²) in [6.07, 6.45) is 14.2. The lowest BCUT2D eigenvalue weighted by atomic mass is 9.89. The van der Waals surface area contributed by atoms with Gasteiger partial charge < -0.3 is 28.7 Å². The molecule has 0 aliphatic carbocycles. The number of imidazole rings is 1. The van der Waals surface area contributed by atoms with Crippen molar-refractivity contribution in [1.29, 1.82) is 0 Å². The Morgan fingerprint density at radius 3 is 2.62 bits per heavy atom. The molecule has 5 heteroatoms. The maximum Gasteiger partial charge on any atom is 0.309 e. The molecule has 2 atom stereocenters. The fourth-order valence-electron chi connectivity index (χ4n) is 3.58. The Morgan fingerprint density at radius 2 is 1.92 bits per heavy atom. The number of hydrogen-bond donors (Lipinski definition) is 0. The van der Waals surface area contributed by atoms with Gasteiger partial charge in [0.05, 0.1) is 26.1 Å². The third kappa shape index (κ3) is 6.05. The maximum absolute atomic E-state index is 11.7. The summed E-state index contributed by atoms with van der Waals surface area (Å²) >= 11 is 0. The summed E-state index contributed by atoms with van der Waals surface area (Å²) in [5.74, 6) is 0.409. The highest BCUT2D eigenvalue weighted by molar-refractivity contribution is 5.74. The van der Waals surface area contributed by atoms with Crippen LogP contribution >= 0.6 is 0 Å². The standard InChI is InChI=1S/C19H33N2O2.HI/c1-4-6-7-8-9-10-11-21-13-17(20(3)15-21)12-16-14-23-19(22)18(16)5-2;/h13,15-16,18H,4-12,14H2,1-3H3;1H/q+1;/p-1/t16-,18-;/m0./s1. The van der Waals surface area contributed by atoms with Crippen LogP contribution in [0.4, 0.5) is 0 Å². The number of cyclic esters (lactones) is 1. The topological polar surface area (TPSA) is 35.1 Å². The van der Waals surface area contributed by atoms with Crippen LogP contribution in [0.5, 0.6) is 0 Å². The second-order valence-electron chi connectivity index (χ2n) is 6.96. The molecule has 0 N–H and O–H groups in total. The molecule has 1 fully saturated rings. The molecule has 2 heterocycles. The van der Waals surface area contributed by atoms with Crippen LogP contribution in [-0.2, 0) is 29.5 Å². The zero-order chi connectivity index (χ0) is 16.7. The fraction of sp³-hybridized carbons (Fsp3) is 0.789. The first-order chi connectivity index (χ1) is 11.2. The van der Waals surface area contributed by atoms with Gasteiger partial charge in [0, 0.05) is 12.3 Å². The van der Waals surface area contributed by atoms with E-state index < -0.39 is 0 Å². The number of carbonyl (C=O) groups is 1. The molecule has 0 saturated carbocycles. The average Bonchev–Trinajstić information content (AvgIpc) is 3.06. The maximum atomic E-state index is 11.7. The van der Waals surface area contributed by atoms with E-state index in [4.69, 9.17) is 4.74 Å². The molecular weight excluding hydrogens is 415 g/mol. The van der Waals surface area contributed by atoms with Crippen molar-refractivity contribution >= 4 is 5.97 Å². The normalized spacial score (nSPS) is 20.0. The molecule has 1 aromatic rings. The number of carbonyl (C=O) groups excluding carboxylic acids is 1. The van der Waals surface area contributed by atoms with Gasteiger partial charge in [-0.15, -0.1) is 0 Å². The van der Waals surface area contributed by atoms with Gasteiger partial charge in [0.15, 0.2) is 0 Å². The van der Waals surface area contributed by atoms with E-state index in [1.54, 1.807) is 0 Å². The summed E-state index contributed by atoms with van der Waals surface area (Å²) in [7, 11) is 2.10. The average molecular weight is 448 g/mol. The molecule has 1 aliphatic heterocycles. The molecule has 0 aromatic carbocycles. The Morgan fingerprint density at radius 1 is 1.21 bits per heavy atom. The second-order valence-corrected chi connectivity index (χ2v) is 6.96. The minimum absolute atomic E-state index is 0. The van der Waals surface area contributed by atoms with Crippen molar-refractivity contribution < 1.29 is 38.1 Å². The molecular formula is C19H33IN2O2. The van der Waals surface area contributed by atoms with Crippen molar-refractivity contribution in [2.24, 2.45) is 18.9 Å². The van der Waals surface area contributed by atoms with E-state index >= 15 is 0 Å². The zero-order valence-corrected chi connectivity index (χ0v) is 17.6. The minimum Gasteiger partial charge on any atom is -1.00 e. The molecule has 1 aliphatic rings. The van der Waals surface area contributed by atoms with Crippen LogP contribution in [0, 0.1) is 11.8 Å². The molecule has 0 spiro atoms. The molecule has 1 saturated heterocycles. The summed E-state index contributed by atoms with van der Waals surface area (Å²) in [5, 5.41) is 0. The van der Waals surface area contributed by atoms with E-state index in [-0.39, 0.29) is 35.9 Å². The van der Waals surface area contributed by atoms with Crippen LogP contribution < -0.4 is 28.5 Å². The van der Waals surface area contributed by atoms with Gasteiger partial charge in [-0.3, -0.25) is 4.79 Å². The Bertz CT molecular complexity index is 502. The van der Waals surface area contributed by atoms with Crippen molar-refractivity contribution in [3.8, 4) is 0 Å². The van der Waals surface area contributed by atoms with Gasteiger partial charge >= 0.3 is 5.97 Å². The van der Waals surface area contributed by atoms with Gasteiger partial charge in [-0.25, -0.2) is 9.13 Å². The number of unbranched alkanes of at least 4 members (excludes halogenated alkanes) is 5. The zero-order valence-electron chi connectivity index (χ0n) is 15.5. The molecule has 0 radical (unpaired) electrons. The molecule has 138 valence electrons. The largest absolute Gasteiger partial charge is 1.00 e. The minimum atomic E-state index is -0.00772. The number of rotatable bonds is 10. The molecule has 0 bridgehead atoms. The molecule has 2 rings (SSSR count). The van der Waals surface area contributed by atoms with Crippen LogP contribution in [0.2, 0.25) is 0 Å². The van der Waals surface area contributed by atoms with Crippen LogP contribution in [0.1, 0.15) is 64.5 Å². The van der Waals surface area contributed by atoms with Crippen LogP contribution in [0.3, 0.4) is 0 Å². The predicted octanol–water partition coefficient (Wildman–Crippen LogP) is 0.419. The summed E-state index contributed by atoms with van der Waals surface area (Å²) < 4.78 is 9.74. The monoisotopic (exact) mass is 448 g/mol. The molecule has 0 amide bonds. The van der Waals surface area contributed by atoms with E-state index in [2.05, 4.69) is 42.6 Å². The van der Waals surface area contributed by atoms with Crippen molar-refractivity contribution in [1.82, 2.24) is 4.57 Å². The highest BCUT2D eigenvalue weighted by atomic mass is 127. The molecule has 0 unspecified atom stereocenters.